The zero-order valence-corrected chi connectivity index (χ0v) is 12.7. The predicted molar refractivity (Wildman–Crippen MR) is 80.5 cm³/mol. The van der Waals surface area contributed by atoms with Crippen molar-refractivity contribution in [3.63, 3.8) is 0 Å². The minimum Gasteiger partial charge on any atom is -0.481 e. The molecule has 0 aliphatic rings. The van der Waals surface area contributed by atoms with Crippen LogP contribution in [0.3, 0.4) is 0 Å². The smallest absolute Gasteiger partial charge is 0.266 e. The number of benzene rings is 1. The van der Waals surface area contributed by atoms with Crippen molar-refractivity contribution in [2.45, 2.75) is 39.7 Å². The minimum atomic E-state index is -0.619. The van der Waals surface area contributed by atoms with Gasteiger partial charge in [-0.15, -0.1) is 0 Å². The van der Waals surface area contributed by atoms with Crippen LogP contribution in [-0.2, 0) is 4.79 Å². The largest absolute Gasteiger partial charge is 0.481 e. The van der Waals surface area contributed by atoms with Gasteiger partial charge in [-0.3, -0.25) is 4.79 Å². The summed E-state index contributed by atoms with van der Waals surface area (Å²) in [5, 5.41) is 6.36. The maximum atomic E-state index is 12.0. The van der Waals surface area contributed by atoms with E-state index in [9.17, 15) is 4.79 Å². The lowest BCUT2D eigenvalue weighted by atomic mass is 10.0. The van der Waals surface area contributed by atoms with E-state index >= 15 is 0 Å². The maximum Gasteiger partial charge on any atom is 0.266 e. The van der Waals surface area contributed by atoms with Gasteiger partial charge in [0.2, 0.25) is 0 Å². The van der Waals surface area contributed by atoms with Crippen LogP contribution in [0.2, 0.25) is 0 Å². The number of carbonyl (C=O) groups excluding carboxylic acids is 1. The Morgan fingerprint density at radius 3 is 2.43 bits per heavy atom. The minimum absolute atomic E-state index is 0.267. The third-order valence-corrected chi connectivity index (χ3v) is 3.11. The standard InChI is InChI=1S/C16H20N2O3/c1-10(2)13-5-7-14(8-6-13)20-12(4)16(19)17-15-9-11(3)21-18-15/h5-10,12H,1-4H3,(H,17,18,19). The van der Waals surface area contributed by atoms with Gasteiger partial charge in [0, 0.05) is 6.07 Å². The molecule has 0 fully saturated rings. The molecule has 5 nitrogen and oxygen atoms in total. The summed E-state index contributed by atoms with van der Waals surface area (Å²) in [5.74, 6) is 1.90. The van der Waals surface area contributed by atoms with Crippen LogP contribution in [0, 0.1) is 6.92 Å². The Kier molecular flexibility index (Phi) is 4.62. The molecule has 21 heavy (non-hydrogen) atoms. The van der Waals surface area contributed by atoms with Crippen molar-refractivity contribution in [3.05, 3.63) is 41.7 Å². The number of carbonyl (C=O) groups is 1. The first-order chi connectivity index (χ1) is 9.95. The van der Waals surface area contributed by atoms with Gasteiger partial charge in [-0.1, -0.05) is 31.1 Å². The second kappa shape index (κ2) is 6.43. The Hall–Kier alpha value is -2.30. The van der Waals surface area contributed by atoms with Gasteiger partial charge < -0.3 is 14.6 Å². The fraction of sp³-hybridized carbons (Fsp3) is 0.375. The molecule has 1 N–H and O–H groups in total. The highest BCUT2D eigenvalue weighted by Crippen LogP contribution is 2.19. The second-order valence-corrected chi connectivity index (χ2v) is 5.30. The summed E-state index contributed by atoms with van der Waals surface area (Å²) in [6, 6.07) is 9.41. The number of ether oxygens (including phenoxy) is 1. The quantitative estimate of drug-likeness (QED) is 0.914. The molecule has 0 aliphatic carbocycles. The third-order valence-electron chi connectivity index (χ3n) is 3.11. The van der Waals surface area contributed by atoms with E-state index in [0.717, 1.165) is 0 Å². The molecule has 1 unspecified atom stereocenters. The molecular formula is C16H20N2O3. The number of nitrogens with one attached hydrogen (secondary N) is 1. The molecule has 0 bridgehead atoms. The van der Waals surface area contributed by atoms with E-state index in [2.05, 4.69) is 24.3 Å². The SMILES string of the molecule is Cc1cc(NC(=O)C(C)Oc2ccc(C(C)C)cc2)no1. The van der Waals surface area contributed by atoms with E-state index in [4.69, 9.17) is 9.26 Å². The Balaban J connectivity index is 1.93. The van der Waals surface area contributed by atoms with E-state index < -0.39 is 6.10 Å². The van der Waals surface area contributed by atoms with E-state index in [1.165, 1.54) is 5.56 Å². The fourth-order valence-corrected chi connectivity index (χ4v) is 1.84. The van der Waals surface area contributed by atoms with Gasteiger partial charge in [0.05, 0.1) is 0 Å². The summed E-state index contributed by atoms with van der Waals surface area (Å²) >= 11 is 0. The summed E-state index contributed by atoms with van der Waals surface area (Å²) in [5.41, 5.74) is 1.23. The number of nitrogens with zero attached hydrogens (tertiary/aromatic N) is 1. The fourth-order valence-electron chi connectivity index (χ4n) is 1.84. The molecular weight excluding hydrogens is 268 g/mol. The molecule has 2 aromatic rings. The molecule has 1 atom stereocenters. The van der Waals surface area contributed by atoms with Crippen LogP contribution in [0.25, 0.3) is 0 Å². The number of anilines is 1. The van der Waals surface area contributed by atoms with Crippen molar-refractivity contribution in [1.82, 2.24) is 5.16 Å². The van der Waals surface area contributed by atoms with Gasteiger partial charge in [-0.2, -0.15) is 0 Å². The van der Waals surface area contributed by atoms with Crippen LogP contribution in [0.15, 0.2) is 34.9 Å². The monoisotopic (exact) mass is 288 g/mol. The molecule has 0 radical (unpaired) electrons. The van der Waals surface area contributed by atoms with Crippen LogP contribution >= 0.6 is 0 Å². The summed E-state index contributed by atoms with van der Waals surface area (Å²) in [4.78, 5) is 12.0. The second-order valence-electron chi connectivity index (χ2n) is 5.30. The Morgan fingerprint density at radius 1 is 1.24 bits per heavy atom. The molecule has 2 rings (SSSR count). The van der Waals surface area contributed by atoms with Gasteiger partial charge in [0.15, 0.2) is 11.9 Å². The lowest BCUT2D eigenvalue weighted by molar-refractivity contribution is -0.122. The van der Waals surface area contributed by atoms with Crippen LogP contribution in [0.5, 0.6) is 5.75 Å². The molecule has 1 aromatic heterocycles. The summed E-state index contributed by atoms with van der Waals surface area (Å²) in [7, 11) is 0. The number of aryl methyl sites for hydroxylation is 1. The average Bonchev–Trinajstić information content (AvgIpc) is 2.84. The number of amides is 1. The molecule has 0 saturated carbocycles. The summed E-state index contributed by atoms with van der Waals surface area (Å²) in [6.07, 6.45) is -0.619. The van der Waals surface area contributed by atoms with Crippen LogP contribution in [0.4, 0.5) is 5.82 Å². The number of hydrogen-bond acceptors (Lipinski definition) is 4. The maximum absolute atomic E-state index is 12.0. The summed E-state index contributed by atoms with van der Waals surface area (Å²) < 4.78 is 10.5. The Morgan fingerprint density at radius 2 is 1.90 bits per heavy atom. The van der Waals surface area contributed by atoms with Crippen molar-refractivity contribution in [3.8, 4) is 5.75 Å². The Bertz CT molecular complexity index is 602. The molecule has 1 aromatic carbocycles. The van der Waals surface area contributed by atoms with Crippen LogP contribution < -0.4 is 10.1 Å². The molecule has 0 saturated heterocycles. The number of aromatic nitrogens is 1. The van der Waals surface area contributed by atoms with Gasteiger partial charge >= 0.3 is 0 Å². The van der Waals surface area contributed by atoms with E-state index in [1.807, 2.05) is 24.3 Å². The first kappa shape index (κ1) is 15.1. The molecule has 5 heteroatoms. The van der Waals surface area contributed by atoms with Crippen molar-refractivity contribution in [2.24, 2.45) is 0 Å². The predicted octanol–water partition coefficient (Wildman–Crippen LogP) is 3.51. The van der Waals surface area contributed by atoms with Crippen LogP contribution in [0.1, 0.15) is 38.0 Å². The average molecular weight is 288 g/mol. The highest BCUT2D eigenvalue weighted by molar-refractivity contribution is 5.93. The van der Waals surface area contributed by atoms with Crippen LogP contribution in [-0.4, -0.2) is 17.2 Å². The highest BCUT2D eigenvalue weighted by Gasteiger charge is 2.16. The molecule has 0 aliphatic heterocycles. The van der Waals surface area contributed by atoms with Crippen molar-refractivity contribution >= 4 is 11.7 Å². The van der Waals surface area contributed by atoms with E-state index in [-0.39, 0.29) is 5.91 Å². The first-order valence-electron chi connectivity index (χ1n) is 6.96. The lowest BCUT2D eigenvalue weighted by Gasteiger charge is -2.14. The van der Waals surface area contributed by atoms with Crippen molar-refractivity contribution in [1.29, 1.82) is 0 Å². The summed E-state index contributed by atoms with van der Waals surface area (Å²) in [6.45, 7) is 7.72. The third kappa shape index (κ3) is 4.08. The zero-order valence-electron chi connectivity index (χ0n) is 12.7. The molecule has 1 heterocycles. The molecule has 1 amide bonds. The van der Waals surface area contributed by atoms with Gasteiger partial charge in [0.25, 0.3) is 5.91 Å². The van der Waals surface area contributed by atoms with Gasteiger partial charge in [0.1, 0.15) is 11.5 Å². The topological polar surface area (TPSA) is 64.4 Å². The van der Waals surface area contributed by atoms with Gasteiger partial charge in [-0.05, 0) is 37.5 Å². The lowest BCUT2D eigenvalue weighted by Crippen LogP contribution is -2.30. The molecule has 0 spiro atoms. The number of rotatable bonds is 5. The number of hydrogen-bond donors (Lipinski definition) is 1. The normalized spacial score (nSPS) is 12.2. The van der Waals surface area contributed by atoms with E-state index in [0.29, 0.717) is 23.2 Å². The Labute approximate surface area is 124 Å². The highest BCUT2D eigenvalue weighted by atomic mass is 16.5. The van der Waals surface area contributed by atoms with Crippen molar-refractivity contribution in [2.75, 3.05) is 5.32 Å². The van der Waals surface area contributed by atoms with Gasteiger partial charge in [-0.25, -0.2) is 0 Å². The zero-order chi connectivity index (χ0) is 15.4. The van der Waals surface area contributed by atoms with Crippen molar-refractivity contribution < 1.29 is 14.1 Å². The molecule has 112 valence electrons. The first-order valence-corrected chi connectivity index (χ1v) is 6.96. The van der Waals surface area contributed by atoms with E-state index in [1.54, 1.807) is 19.9 Å².